The first-order chi connectivity index (χ1) is 17.3. The van der Waals surface area contributed by atoms with Gasteiger partial charge in [0.1, 0.15) is 11.5 Å². The molecule has 4 aromatic rings. The third-order valence-corrected chi connectivity index (χ3v) is 8.75. The molecule has 1 aliphatic rings. The molecule has 1 amide bonds. The van der Waals surface area contributed by atoms with Crippen molar-refractivity contribution in [3.8, 4) is 22.9 Å². The Balaban J connectivity index is 1.56. The number of aromatic nitrogens is 2. The van der Waals surface area contributed by atoms with Crippen LogP contribution in [0.1, 0.15) is 31.4 Å². The first-order valence-corrected chi connectivity index (χ1v) is 14.0. The van der Waals surface area contributed by atoms with Gasteiger partial charge in [0, 0.05) is 36.1 Å². The predicted octanol–water partition coefficient (Wildman–Crippen LogP) is 5.03. The molecule has 36 heavy (non-hydrogen) atoms. The fourth-order valence-electron chi connectivity index (χ4n) is 4.44. The Morgan fingerprint density at radius 2 is 1.92 bits per heavy atom. The Kier molecular flexibility index (Phi) is 6.36. The average Bonchev–Trinajstić information content (AvgIpc) is 3.46. The van der Waals surface area contributed by atoms with Crippen molar-refractivity contribution in [1.82, 2.24) is 14.9 Å². The van der Waals surface area contributed by atoms with E-state index in [4.69, 9.17) is 4.74 Å². The molecule has 2 aromatic heterocycles. The minimum atomic E-state index is -3.31. The topological polar surface area (TPSA) is 109 Å². The summed E-state index contributed by atoms with van der Waals surface area (Å²) in [6.07, 6.45) is 2.71. The van der Waals surface area contributed by atoms with Gasteiger partial charge >= 0.3 is 0 Å². The smallest absolute Gasteiger partial charge is 0.222 e. The van der Waals surface area contributed by atoms with Gasteiger partial charge in [0.05, 0.1) is 33.4 Å². The van der Waals surface area contributed by atoms with Crippen molar-refractivity contribution in [1.29, 1.82) is 0 Å². The van der Waals surface area contributed by atoms with Crippen LogP contribution in [0.5, 0.6) is 11.5 Å². The lowest BCUT2D eigenvalue weighted by Gasteiger charge is -2.23. The van der Waals surface area contributed by atoms with Crippen molar-refractivity contribution >= 4 is 40.4 Å². The van der Waals surface area contributed by atoms with E-state index in [9.17, 15) is 17.8 Å². The number of H-pyrrole nitrogens is 1. The van der Waals surface area contributed by atoms with E-state index < -0.39 is 9.84 Å². The van der Waals surface area contributed by atoms with E-state index in [0.29, 0.717) is 35.3 Å². The van der Waals surface area contributed by atoms with Crippen molar-refractivity contribution in [3.63, 3.8) is 0 Å². The maximum Gasteiger partial charge on any atom is 0.222 e. The molecule has 1 unspecified atom stereocenters. The Morgan fingerprint density at radius 1 is 1.14 bits per heavy atom. The molecular weight excluding hydrogens is 497 g/mol. The van der Waals surface area contributed by atoms with Crippen LogP contribution in [0.3, 0.4) is 0 Å². The molecule has 1 aliphatic heterocycles. The second-order valence-corrected chi connectivity index (χ2v) is 11.7. The van der Waals surface area contributed by atoms with Gasteiger partial charge < -0.3 is 14.6 Å². The zero-order chi connectivity index (χ0) is 25.4. The van der Waals surface area contributed by atoms with E-state index in [1.807, 2.05) is 18.2 Å². The summed E-state index contributed by atoms with van der Waals surface area (Å²) in [6, 6.07) is 15.7. The number of rotatable bonds is 7. The highest BCUT2D eigenvalue weighted by molar-refractivity contribution is 7.91. The fourth-order valence-corrected chi connectivity index (χ4v) is 5.56. The highest BCUT2D eigenvalue weighted by atomic mass is 32.2. The van der Waals surface area contributed by atoms with Crippen LogP contribution in [0.15, 0.2) is 65.7 Å². The minimum Gasteiger partial charge on any atom is -0.457 e. The molecule has 2 aromatic carbocycles. The van der Waals surface area contributed by atoms with E-state index in [2.05, 4.69) is 9.97 Å². The zero-order valence-corrected chi connectivity index (χ0v) is 21.5. The van der Waals surface area contributed by atoms with E-state index in [0.717, 1.165) is 22.2 Å². The van der Waals surface area contributed by atoms with Crippen molar-refractivity contribution in [2.75, 3.05) is 12.8 Å². The van der Waals surface area contributed by atoms with Gasteiger partial charge in [0.2, 0.25) is 5.91 Å². The molecule has 5 rings (SSSR count). The number of amides is 1. The number of carbonyl (C=O) groups excluding carboxylic acids is 1. The number of nitrogens with one attached hydrogen (secondary N) is 1. The van der Waals surface area contributed by atoms with Crippen molar-refractivity contribution in [2.45, 2.75) is 30.7 Å². The maximum atomic E-state index is 12.3. The second kappa shape index (κ2) is 9.48. The normalized spacial score (nSPS) is 16.2. The molecule has 0 bridgehead atoms. The number of ether oxygens (including phenoxy) is 1. The van der Waals surface area contributed by atoms with Crippen molar-refractivity contribution < 1.29 is 22.5 Å². The monoisotopic (exact) mass is 521 g/mol. The molecule has 8 nitrogen and oxygen atoms in total. The first kappa shape index (κ1) is 24.2. The maximum absolute atomic E-state index is 12.3. The minimum absolute atomic E-state index is 0.0277. The highest BCUT2D eigenvalue weighted by Crippen LogP contribution is 2.41. The quantitative estimate of drug-likeness (QED) is 0.342. The van der Waals surface area contributed by atoms with Gasteiger partial charge in [-0.05, 0) is 61.0 Å². The van der Waals surface area contributed by atoms with Crippen molar-refractivity contribution in [2.24, 2.45) is 0 Å². The molecule has 1 saturated heterocycles. The Bertz CT molecular complexity index is 1560. The number of nitrogens with zero attached hydrogens (tertiary/aromatic N) is 2. The van der Waals surface area contributed by atoms with E-state index in [1.165, 1.54) is 0 Å². The van der Waals surface area contributed by atoms with Crippen LogP contribution in [0.4, 0.5) is 0 Å². The average molecular weight is 522 g/mol. The van der Waals surface area contributed by atoms with Gasteiger partial charge in [0.15, 0.2) is 18.3 Å². The summed E-state index contributed by atoms with van der Waals surface area (Å²) in [5.41, 5.74) is 3.25. The predicted molar refractivity (Wildman–Crippen MR) is 138 cm³/mol. The summed E-state index contributed by atoms with van der Waals surface area (Å²) in [5.74, 6) is 1.20. The van der Waals surface area contributed by atoms with Crippen LogP contribution in [-0.2, 0) is 19.2 Å². The largest absolute Gasteiger partial charge is 0.457 e. The van der Waals surface area contributed by atoms with Gasteiger partial charge in [-0.1, -0.05) is 6.92 Å². The molecule has 184 valence electrons. The molecule has 0 radical (unpaired) electrons. The van der Waals surface area contributed by atoms with E-state index >= 15 is 0 Å². The molecule has 0 spiro atoms. The van der Waals surface area contributed by atoms with Gasteiger partial charge in [-0.3, -0.25) is 14.3 Å². The summed E-state index contributed by atoms with van der Waals surface area (Å²) in [5, 5.41) is 1.49. The van der Waals surface area contributed by atoms with Crippen LogP contribution < -0.4 is 10.0 Å². The summed E-state index contributed by atoms with van der Waals surface area (Å²) in [4.78, 5) is 22.0. The van der Waals surface area contributed by atoms with Crippen LogP contribution in [0.25, 0.3) is 22.3 Å². The van der Waals surface area contributed by atoms with Crippen LogP contribution in [-0.4, -0.2) is 42.0 Å². The molecule has 1 N–H and O–H groups in total. The summed E-state index contributed by atoms with van der Waals surface area (Å²) in [7, 11) is -1.60. The molecule has 0 aliphatic carbocycles. The highest BCUT2D eigenvalue weighted by Gasteiger charge is 2.31. The van der Waals surface area contributed by atoms with E-state index in [1.54, 1.807) is 61.5 Å². The third-order valence-electron chi connectivity index (χ3n) is 6.52. The standard InChI is InChI=1S/C26H24N3O5PS/c1-3-36(32,33)19-7-4-17(5-8-19)34-25-13-16-12-23(21-9-6-18(35-31)15-27-21)28-22(16)14-20(25)24-10-11-26(30)29(24)2/h4-9,12-15,24,28H,3,10-11H2,1-2H3. The number of hydrogen-bond acceptors (Lipinski definition) is 6. The fraction of sp³-hybridized carbons (Fsp3) is 0.231. The summed E-state index contributed by atoms with van der Waals surface area (Å²) in [6.45, 7) is 1.61. The third kappa shape index (κ3) is 4.52. The zero-order valence-electron chi connectivity index (χ0n) is 19.8. The number of carbonyl (C=O) groups is 1. The molecule has 1 fully saturated rings. The Morgan fingerprint density at radius 3 is 2.53 bits per heavy atom. The second-order valence-electron chi connectivity index (χ2n) is 8.69. The number of benzene rings is 2. The summed E-state index contributed by atoms with van der Waals surface area (Å²) < 4.78 is 41.6. The molecule has 1 atom stereocenters. The van der Waals surface area contributed by atoms with E-state index in [-0.39, 0.29) is 31.1 Å². The molecule has 0 saturated carbocycles. The van der Waals surface area contributed by atoms with Gasteiger partial charge in [-0.25, -0.2) is 8.42 Å². The molecule has 10 heteroatoms. The molecule has 3 heterocycles. The Labute approximate surface area is 210 Å². The lowest BCUT2D eigenvalue weighted by Crippen LogP contribution is -2.22. The summed E-state index contributed by atoms with van der Waals surface area (Å²) >= 11 is 0. The number of hydrogen-bond donors (Lipinski definition) is 1. The Hall–Kier alpha value is -3.55. The lowest BCUT2D eigenvalue weighted by atomic mass is 10.0. The van der Waals surface area contributed by atoms with Crippen molar-refractivity contribution in [3.05, 3.63) is 66.4 Å². The lowest BCUT2D eigenvalue weighted by molar-refractivity contribution is -0.127. The first-order valence-electron chi connectivity index (χ1n) is 11.5. The van der Waals surface area contributed by atoms with Gasteiger partial charge in [-0.15, -0.1) is 0 Å². The number of aromatic amines is 1. The number of fused-ring (bicyclic) bond motifs is 1. The van der Waals surface area contributed by atoms with Gasteiger partial charge in [-0.2, -0.15) is 0 Å². The number of pyridine rings is 1. The van der Waals surface area contributed by atoms with Crippen LogP contribution in [0, 0.1) is 0 Å². The van der Waals surface area contributed by atoms with Crippen LogP contribution >= 0.6 is 8.46 Å². The van der Waals surface area contributed by atoms with Crippen LogP contribution in [0.2, 0.25) is 0 Å². The van der Waals surface area contributed by atoms with Gasteiger partial charge in [0.25, 0.3) is 0 Å². The SMILES string of the molecule is CCS(=O)(=O)c1ccc(Oc2cc3cc(-c4ccc(P=O)cn4)[nH]c3cc2C2CCC(=O)N2C)cc1. The number of likely N-dealkylation sites (tertiary alicyclic amines) is 1. The molecular formula is C26H24N3O5PS. The number of sulfone groups is 1.